The van der Waals surface area contributed by atoms with Crippen molar-refractivity contribution in [2.24, 2.45) is 0 Å². The van der Waals surface area contributed by atoms with E-state index in [0.29, 0.717) is 7.18 Å². The number of ether oxygens (including phenoxy) is 1. The van der Waals surface area contributed by atoms with Crippen LogP contribution < -0.4 is 0 Å². The quantitative estimate of drug-likeness (QED) is 0.674. The van der Waals surface area contributed by atoms with Gasteiger partial charge in [0, 0.05) is 0 Å². The molecule has 14 heavy (non-hydrogen) atoms. The zero-order valence-corrected chi connectivity index (χ0v) is 6.97. The molecule has 0 aliphatic heterocycles. The fourth-order valence-electron chi connectivity index (χ4n) is 0.251. The van der Waals surface area contributed by atoms with Gasteiger partial charge in [0.2, 0.25) is 0 Å². The Morgan fingerprint density at radius 1 is 1.14 bits per heavy atom. The van der Waals surface area contributed by atoms with E-state index in [-0.39, 0.29) is 0 Å². The summed E-state index contributed by atoms with van der Waals surface area (Å²) in [4.78, 5) is 0. The van der Waals surface area contributed by atoms with Crippen LogP contribution in [-0.4, -0.2) is 26.1 Å². The van der Waals surface area contributed by atoms with Crippen molar-refractivity contribution in [1.29, 1.82) is 0 Å². The van der Waals surface area contributed by atoms with Crippen LogP contribution in [0.25, 0.3) is 0 Å². The predicted molar refractivity (Wildman–Crippen MR) is 34.2 cm³/mol. The summed E-state index contributed by atoms with van der Waals surface area (Å²) >= 11 is 0. The molecule has 0 N–H and O–H groups in total. The third-order valence-corrected chi connectivity index (χ3v) is 0.733. The van der Waals surface area contributed by atoms with Gasteiger partial charge >= 0.3 is 12.3 Å². The van der Waals surface area contributed by atoms with Gasteiger partial charge in [-0.2, -0.15) is 22.0 Å². The highest BCUT2D eigenvalue weighted by Crippen LogP contribution is 2.27. The van der Waals surface area contributed by atoms with Gasteiger partial charge in [0.05, 0.1) is 7.18 Å². The number of rotatable bonds is 3. The van der Waals surface area contributed by atoms with Crippen molar-refractivity contribution in [1.82, 2.24) is 0 Å². The van der Waals surface area contributed by atoms with Crippen LogP contribution in [0.5, 0.6) is 0 Å². The minimum Gasteiger partial charge on any atom is -0.305 e. The Labute approximate surface area is 75.2 Å². The topological polar surface area (TPSA) is 9.23 Å². The summed E-state index contributed by atoms with van der Waals surface area (Å²) in [5.41, 5.74) is 0. The monoisotopic (exact) mass is 228 g/mol. The highest BCUT2D eigenvalue weighted by atomic mass is 19.4. The molecular formula is C6H7F7O. The zero-order valence-electron chi connectivity index (χ0n) is 6.97. The molecule has 0 unspecified atom stereocenters. The first-order chi connectivity index (χ1) is 6.15. The molecule has 0 aliphatic carbocycles. The van der Waals surface area contributed by atoms with E-state index in [1.807, 2.05) is 0 Å². The lowest BCUT2D eigenvalue weighted by Crippen LogP contribution is -2.28. The van der Waals surface area contributed by atoms with Crippen LogP contribution in [0.4, 0.5) is 30.7 Å². The van der Waals surface area contributed by atoms with Gasteiger partial charge in [0.25, 0.3) is 0 Å². The Bertz CT molecular complexity index is 174. The average Bonchev–Trinajstić information content (AvgIpc) is 2.03. The number of alkyl halides is 6. The Morgan fingerprint density at radius 3 is 1.71 bits per heavy atom. The van der Waals surface area contributed by atoms with Crippen LogP contribution in [0.2, 0.25) is 0 Å². The first-order valence-electron chi connectivity index (χ1n) is 2.96. The summed E-state index contributed by atoms with van der Waals surface area (Å²) in [7, 11) is 0.500. The molecule has 1 nitrogen and oxygen atoms in total. The fourth-order valence-corrected chi connectivity index (χ4v) is 0.251. The summed E-state index contributed by atoms with van der Waals surface area (Å²) in [6, 6.07) is 0. The Hall–Kier alpha value is -0.790. The van der Waals surface area contributed by atoms with Gasteiger partial charge in [-0.05, 0) is 0 Å². The van der Waals surface area contributed by atoms with Crippen LogP contribution in [0.15, 0.2) is 12.4 Å². The van der Waals surface area contributed by atoms with Crippen molar-refractivity contribution in [2.75, 3.05) is 13.8 Å². The second-order valence-corrected chi connectivity index (χ2v) is 1.83. The van der Waals surface area contributed by atoms with Gasteiger partial charge in [0.1, 0.15) is 6.61 Å². The molecule has 0 aromatic rings. The van der Waals surface area contributed by atoms with Gasteiger partial charge in [-0.3, -0.25) is 4.39 Å². The third-order valence-electron chi connectivity index (χ3n) is 0.733. The molecule has 0 saturated carbocycles. The van der Waals surface area contributed by atoms with Crippen molar-refractivity contribution in [3.63, 3.8) is 0 Å². The lowest BCUT2D eigenvalue weighted by molar-refractivity contribution is -0.276. The van der Waals surface area contributed by atoms with E-state index in [1.54, 1.807) is 0 Å². The second-order valence-electron chi connectivity index (χ2n) is 1.83. The summed E-state index contributed by atoms with van der Waals surface area (Å²) < 4.78 is 81.5. The molecule has 0 spiro atoms. The number of halogens is 7. The maximum Gasteiger partial charge on any atom is 0.412 e. The number of hydrogen-bond donors (Lipinski definition) is 0. The predicted octanol–water partition coefficient (Wildman–Crippen LogP) is 3.23. The summed E-state index contributed by atoms with van der Waals surface area (Å²) in [6.45, 7) is -0.101. The molecule has 0 saturated heterocycles. The van der Waals surface area contributed by atoms with Gasteiger partial charge in [-0.25, -0.2) is 4.39 Å². The molecule has 0 aromatic heterocycles. The molecule has 0 atom stereocenters. The minimum atomic E-state index is -4.92. The molecule has 8 heteroatoms. The van der Waals surface area contributed by atoms with Crippen LogP contribution in [-0.2, 0) is 4.74 Å². The molecule has 0 heterocycles. The molecule has 0 aliphatic rings. The maximum absolute atomic E-state index is 11.9. The van der Waals surface area contributed by atoms with Gasteiger partial charge in [-0.15, -0.1) is 0 Å². The number of hydrogen-bond acceptors (Lipinski definition) is 1. The Balaban J connectivity index is 0. The van der Waals surface area contributed by atoms with Crippen LogP contribution in [0.3, 0.4) is 0 Å². The van der Waals surface area contributed by atoms with Gasteiger partial charge in [-0.1, -0.05) is 6.58 Å². The zero-order chi connectivity index (χ0) is 12.0. The van der Waals surface area contributed by atoms with Gasteiger partial charge < -0.3 is 4.74 Å². The molecular weight excluding hydrogens is 221 g/mol. The largest absolute Gasteiger partial charge is 0.412 e. The third kappa shape index (κ3) is 7.84. The summed E-state index contributed by atoms with van der Waals surface area (Å²) in [6.07, 6.45) is -9.49. The lowest BCUT2D eigenvalue weighted by atomic mass is 10.5. The lowest BCUT2D eigenvalue weighted by Gasteiger charge is -2.15. The van der Waals surface area contributed by atoms with Crippen molar-refractivity contribution in [3.8, 4) is 0 Å². The molecule has 0 bridgehead atoms. The maximum atomic E-state index is 11.9. The Kier molecular flexibility index (Phi) is 6.54. The van der Waals surface area contributed by atoms with Crippen LogP contribution >= 0.6 is 0 Å². The highest BCUT2D eigenvalue weighted by molar-refractivity contribution is 4.90. The van der Waals surface area contributed by atoms with Gasteiger partial charge in [0.15, 0.2) is 5.83 Å². The van der Waals surface area contributed by atoms with Crippen LogP contribution in [0.1, 0.15) is 0 Å². The normalized spacial score (nSPS) is 11.7. The SMILES string of the molecule is C=C(F)C(F)(F)OCC(F)(F)F.CF. The van der Waals surface area contributed by atoms with Crippen molar-refractivity contribution in [2.45, 2.75) is 12.3 Å². The standard InChI is InChI=1S/C5H4F6O.CH3F/c1-3(6)5(10,11)12-2-4(7,8)9;1-2/h1-2H2;1H3. The smallest absolute Gasteiger partial charge is 0.305 e. The van der Waals surface area contributed by atoms with E-state index in [1.165, 1.54) is 0 Å². The molecule has 0 radical (unpaired) electrons. The van der Waals surface area contributed by atoms with Crippen molar-refractivity contribution >= 4 is 0 Å². The molecule has 86 valence electrons. The van der Waals surface area contributed by atoms with E-state index >= 15 is 0 Å². The first-order valence-corrected chi connectivity index (χ1v) is 2.96. The molecule has 0 aromatic carbocycles. The highest BCUT2D eigenvalue weighted by Gasteiger charge is 2.40. The van der Waals surface area contributed by atoms with E-state index in [4.69, 9.17) is 0 Å². The van der Waals surface area contributed by atoms with E-state index < -0.39 is 24.7 Å². The molecule has 0 fully saturated rings. The summed E-state index contributed by atoms with van der Waals surface area (Å²) in [5.74, 6) is -2.26. The van der Waals surface area contributed by atoms with E-state index in [2.05, 4.69) is 11.3 Å². The van der Waals surface area contributed by atoms with E-state index in [9.17, 15) is 30.7 Å². The minimum absolute atomic E-state index is 0.500. The second kappa shape index (κ2) is 5.84. The van der Waals surface area contributed by atoms with Crippen molar-refractivity contribution in [3.05, 3.63) is 12.4 Å². The van der Waals surface area contributed by atoms with Crippen LogP contribution in [0, 0.1) is 0 Å². The first kappa shape index (κ1) is 15.7. The van der Waals surface area contributed by atoms with E-state index in [0.717, 1.165) is 0 Å². The van der Waals surface area contributed by atoms with Crippen molar-refractivity contribution < 1.29 is 35.5 Å². The Morgan fingerprint density at radius 2 is 1.50 bits per heavy atom. The average molecular weight is 228 g/mol. The molecule has 0 rings (SSSR count). The molecule has 0 amide bonds. The summed E-state index contributed by atoms with van der Waals surface area (Å²) in [5, 5.41) is 0. The fraction of sp³-hybridized carbons (Fsp3) is 0.667.